The smallest absolute Gasteiger partial charge is 0.257 e. The Hall–Kier alpha value is -1.55. The zero-order valence-electron chi connectivity index (χ0n) is 8.27. The topological polar surface area (TPSA) is 46.2 Å². The van der Waals surface area contributed by atoms with Gasteiger partial charge in [-0.1, -0.05) is 30.3 Å². The Morgan fingerprint density at radius 3 is 2.53 bits per heavy atom. The molecule has 1 aromatic rings. The summed E-state index contributed by atoms with van der Waals surface area (Å²) in [5.41, 5.74) is 1.54. The second kappa shape index (κ2) is 6.03. The molecule has 1 amide bonds. The molecule has 3 nitrogen and oxygen atoms in total. The third-order valence-corrected chi connectivity index (χ3v) is 2.38. The molecule has 0 bridgehead atoms. The number of carbonyl (C=O) groups excluding carboxylic acids is 2. The van der Waals surface area contributed by atoms with Crippen molar-refractivity contribution in [3.8, 4) is 0 Å². The zero-order chi connectivity index (χ0) is 11.1. The highest BCUT2D eigenvalue weighted by Gasteiger charge is 2.07. The van der Waals surface area contributed by atoms with E-state index in [2.05, 4.69) is 5.32 Å². The van der Waals surface area contributed by atoms with Crippen molar-refractivity contribution in [2.75, 3.05) is 7.05 Å². The van der Waals surface area contributed by atoms with Crippen LogP contribution in [0.3, 0.4) is 0 Å². The fourth-order valence-corrected chi connectivity index (χ4v) is 1.55. The van der Waals surface area contributed by atoms with E-state index in [0.29, 0.717) is 10.5 Å². The summed E-state index contributed by atoms with van der Waals surface area (Å²) in [5, 5.41) is 2.48. The van der Waals surface area contributed by atoms with Crippen molar-refractivity contribution < 1.29 is 9.59 Å². The summed E-state index contributed by atoms with van der Waals surface area (Å²) in [6.07, 6.45) is 1.68. The maximum atomic E-state index is 11.3. The van der Waals surface area contributed by atoms with Gasteiger partial charge in [0.2, 0.25) is 0 Å². The first-order valence-electron chi connectivity index (χ1n) is 4.37. The molecule has 0 aromatic heterocycles. The molecule has 0 aliphatic carbocycles. The van der Waals surface area contributed by atoms with Gasteiger partial charge in [-0.3, -0.25) is 9.59 Å². The number of hydrogen-bond donors (Lipinski definition) is 1. The van der Waals surface area contributed by atoms with E-state index in [1.807, 2.05) is 30.3 Å². The number of nitrogens with one attached hydrogen (secondary N) is 1. The van der Waals surface area contributed by atoms with Gasteiger partial charge >= 0.3 is 0 Å². The molecular weight excluding hydrogens is 210 g/mol. The second-order valence-corrected chi connectivity index (χ2v) is 3.58. The molecule has 0 heterocycles. The predicted molar refractivity (Wildman–Crippen MR) is 62.8 cm³/mol. The molecule has 4 heteroatoms. The lowest BCUT2D eigenvalue weighted by Crippen LogP contribution is -2.18. The molecule has 1 N–H and O–H groups in total. The van der Waals surface area contributed by atoms with Crippen molar-refractivity contribution in [3.63, 3.8) is 0 Å². The molecular formula is C11H11NO2S. The molecule has 0 atom stereocenters. The van der Waals surface area contributed by atoms with Gasteiger partial charge in [-0.05, 0) is 23.4 Å². The monoisotopic (exact) mass is 221 g/mol. The fraction of sp³-hybridized carbons (Fsp3) is 0.0909. The van der Waals surface area contributed by atoms with E-state index in [1.165, 1.54) is 7.05 Å². The summed E-state index contributed by atoms with van der Waals surface area (Å²) >= 11 is 0.872. The molecule has 0 saturated carbocycles. The molecule has 0 unspecified atom stereocenters. The number of likely N-dealkylation sites (N-methyl/N-ethyl adjacent to an activating group) is 1. The maximum Gasteiger partial charge on any atom is 0.257 e. The van der Waals surface area contributed by atoms with Gasteiger partial charge < -0.3 is 5.32 Å². The van der Waals surface area contributed by atoms with E-state index in [4.69, 9.17) is 0 Å². The van der Waals surface area contributed by atoms with E-state index < -0.39 is 0 Å². The summed E-state index contributed by atoms with van der Waals surface area (Å²) in [6.45, 7) is 0. The lowest BCUT2D eigenvalue weighted by molar-refractivity contribution is -0.116. The number of thioether (sulfide) groups is 1. The first kappa shape index (κ1) is 11.5. The molecule has 78 valence electrons. The average Bonchev–Trinajstić information content (AvgIpc) is 2.29. The highest BCUT2D eigenvalue weighted by atomic mass is 32.2. The third-order valence-electron chi connectivity index (χ3n) is 1.72. The number of carbonyl (C=O) groups is 2. The molecule has 1 aromatic carbocycles. The third kappa shape index (κ3) is 3.59. The average molecular weight is 221 g/mol. The van der Waals surface area contributed by atoms with Crippen molar-refractivity contribution >= 4 is 29.4 Å². The van der Waals surface area contributed by atoms with Gasteiger partial charge in [0.05, 0.1) is 4.91 Å². The van der Waals surface area contributed by atoms with Gasteiger partial charge in [-0.15, -0.1) is 0 Å². The van der Waals surface area contributed by atoms with Crippen molar-refractivity contribution in [2.24, 2.45) is 0 Å². The largest absolute Gasteiger partial charge is 0.355 e. The van der Waals surface area contributed by atoms with Crippen molar-refractivity contribution in [1.82, 2.24) is 5.32 Å². The first-order valence-corrected chi connectivity index (χ1v) is 5.25. The van der Waals surface area contributed by atoms with E-state index in [1.54, 1.807) is 6.08 Å². The van der Waals surface area contributed by atoms with Crippen LogP contribution in [0, 0.1) is 0 Å². The van der Waals surface area contributed by atoms with Crippen LogP contribution in [0.1, 0.15) is 5.56 Å². The van der Waals surface area contributed by atoms with Crippen LogP contribution in [0.25, 0.3) is 6.08 Å². The van der Waals surface area contributed by atoms with Crippen LogP contribution in [-0.2, 0) is 9.59 Å². The summed E-state index contributed by atoms with van der Waals surface area (Å²) in [5.74, 6) is -0.254. The highest BCUT2D eigenvalue weighted by Crippen LogP contribution is 2.16. The zero-order valence-corrected chi connectivity index (χ0v) is 9.08. The molecule has 0 aliphatic heterocycles. The SMILES string of the molecule is CNC(=O)/C(=C/c1ccccc1)SC=O. The molecule has 0 saturated heterocycles. The number of benzene rings is 1. The minimum Gasteiger partial charge on any atom is -0.355 e. The quantitative estimate of drug-likeness (QED) is 0.621. The van der Waals surface area contributed by atoms with Crippen LogP contribution in [0.4, 0.5) is 0 Å². The number of hydrogen-bond acceptors (Lipinski definition) is 3. The second-order valence-electron chi connectivity index (χ2n) is 2.71. The van der Waals surface area contributed by atoms with Crippen LogP contribution in [0.5, 0.6) is 0 Å². The minimum atomic E-state index is -0.254. The number of amides is 1. The summed E-state index contributed by atoms with van der Waals surface area (Å²) in [6, 6.07) is 9.38. The fourth-order valence-electron chi connectivity index (χ4n) is 1.03. The van der Waals surface area contributed by atoms with Crippen LogP contribution >= 0.6 is 11.8 Å². The van der Waals surface area contributed by atoms with Gasteiger partial charge in [0.15, 0.2) is 5.62 Å². The van der Waals surface area contributed by atoms with Crippen molar-refractivity contribution in [2.45, 2.75) is 0 Å². The number of rotatable bonds is 4. The van der Waals surface area contributed by atoms with Crippen LogP contribution < -0.4 is 5.32 Å². The van der Waals surface area contributed by atoms with E-state index in [0.717, 1.165) is 17.3 Å². The summed E-state index contributed by atoms with van der Waals surface area (Å²) in [7, 11) is 1.53. The Bertz CT molecular complexity index is 373. The van der Waals surface area contributed by atoms with Crippen LogP contribution in [-0.4, -0.2) is 18.6 Å². The Labute approximate surface area is 92.6 Å². The van der Waals surface area contributed by atoms with Gasteiger partial charge in [0.1, 0.15) is 0 Å². The Kier molecular flexibility index (Phi) is 4.63. The van der Waals surface area contributed by atoms with Crippen molar-refractivity contribution in [3.05, 3.63) is 40.8 Å². The van der Waals surface area contributed by atoms with Gasteiger partial charge in [0.25, 0.3) is 5.91 Å². The van der Waals surface area contributed by atoms with E-state index in [9.17, 15) is 9.59 Å². The Balaban J connectivity index is 2.93. The molecule has 0 spiro atoms. The van der Waals surface area contributed by atoms with E-state index in [-0.39, 0.29) is 5.91 Å². The minimum absolute atomic E-state index is 0.254. The lowest BCUT2D eigenvalue weighted by atomic mass is 10.2. The van der Waals surface area contributed by atoms with Gasteiger partial charge in [0, 0.05) is 7.05 Å². The molecule has 0 aliphatic rings. The van der Waals surface area contributed by atoms with Gasteiger partial charge in [-0.25, -0.2) is 0 Å². The summed E-state index contributed by atoms with van der Waals surface area (Å²) < 4.78 is 0. The standard InChI is InChI=1S/C11H11NO2S/c1-12-11(14)10(15-8-13)7-9-5-3-2-4-6-9/h2-8H,1H3,(H,12,14)/b10-7-. The first-order chi connectivity index (χ1) is 7.27. The van der Waals surface area contributed by atoms with Gasteiger partial charge in [-0.2, -0.15) is 0 Å². The molecule has 0 fully saturated rings. The Morgan fingerprint density at radius 2 is 2.00 bits per heavy atom. The maximum absolute atomic E-state index is 11.3. The lowest BCUT2D eigenvalue weighted by Gasteiger charge is -2.01. The molecule has 1 rings (SSSR count). The van der Waals surface area contributed by atoms with Crippen LogP contribution in [0.2, 0.25) is 0 Å². The van der Waals surface area contributed by atoms with Crippen molar-refractivity contribution in [1.29, 1.82) is 0 Å². The molecule has 15 heavy (non-hydrogen) atoms. The normalized spacial score (nSPS) is 10.9. The summed E-state index contributed by atoms with van der Waals surface area (Å²) in [4.78, 5) is 22.1. The highest BCUT2D eigenvalue weighted by molar-refractivity contribution is 8.16. The Morgan fingerprint density at radius 1 is 1.33 bits per heavy atom. The molecule has 0 radical (unpaired) electrons. The van der Waals surface area contributed by atoms with E-state index >= 15 is 0 Å². The predicted octanol–water partition coefficient (Wildman–Crippen LogP) is 1.70. The van der Waals surface area contributed by atoms with Crippen LogP contribution in [0.15, 0.2) is 35.2 Å².